The van der Waals surface area contributed by atoms with Crippen molar-refractivity contribution in [2.75, 3.05) is 6.54 Å². The summed E-state index contributed by atoms with van der Waals surface area (Å²) in [6.07, 6.45) is 1.87. The number of carboxylic acid groups (broad SMARTS) is 1. The molecule has 1 saturated carbocycles. The van der Waals surface area contributed by atoms with Gasteiger partial charge in [-0.25, -0.2) is 0 Å². The summed E-state index contributed by atoms with van der Waals surface area (Å²) in [6, 6.07) is 18.7. The topological polar surface area (TPSA) is 83.5 Å². The third kappa shape index (κ3) is 6.31. The van der Waals surface area contributed by atoms with E-state index in [0.29, 0.717) is 12.8 Å². The summed E-state index contributed by atoms with van der Waals surface area (Å²) in [6.45, 7) is -0.0437. The molecule has 2 N–H and O–H groups in total. The average Bonchev–Trinajstić information content (AvgIpc) is 3.07. The Bertz CT molecular complexity index is 671. The van der Waals surface area contributed by atoms with Crippen molar-refractivity contribution in [3.8, 4) is 0 Å². The Labute approximate surface area is 146 Å². The molecule has 0 spiro atoms. The molecule has 0 saturated heterocycles. The van der Waals surface area contributed by atoms with Crippen LogP contribution in [0.4, 0.5) is 0 Å². The normalized spacial score (nSPS) is 16.0. The van der Waals surface area contributed by atoms with E-state index in [1.165, 1.54) is 0 Å². The molecule has 3 rings (SSSR count). The van der Waals surface area contributed by atoms with Gasteiger partial charge in [-0.05, 0) is 6.42 Å². The van der Waals surface area contributed by atoms with Gasteiger partial charge < -0.3 is 10.4 Å². The van der Waals surface area contributed by atoms with Crippen LogP contribution < -0.4 is 5.32 Å². The number of hydrogen-bond acceptors (Lipinski definition) is 4. The van der Waals surface area contributed by atoms with Gasteiger partial charge in [-0.2, -0.15) is 0 Å². The van der Waals surface area contributed by atoms with Crippen molar-refractivity contribution in [3.05, 3.63) is 71.8 Å². The van der Waals surface area contributed by atoms with Gasteiger partial charge in [0.25, 0.3) is 0 Å². The number of ketones is 2. The van der Waals surface area contributed by atoms with Crippen molar-refractivity contribution in [3.63, 3.8) is 0 Å². The largest absolute Gasteiger partial charge is 0.480 e. The molecule has 2 aromatic carbocycles. The van der Waals surface area contributed by atoms with Gasteiger partial charge in [-0.1, -0.05) is 60.7 Å². The zero-order valence-electron chi connectivity index (χ0n) is 13.9. The van der Waals surface area contributed by atoms with Crippen molar-refractivity contribution >= 4 is 17.5 Å². The third-order valence-corrected chi connectivity index (χ3v) is 3.86. The minimum atomic E-state index is -0.871. The fourth-order valence-corrected chi connectivity index (χ4v) is 2.57. The highest BCUT2D eigenvalue weighted by molar-refractivity contribution is 6.08. The van der Waals surface area contributed by atoms with Gasteiger partial charge in [0.15, 0.2) is 5.78 Å². The molecular weight excluding hydrogens is 318 g/mol. The predicted molar refractivity (Wildman–Crippen MR) is 94.6 cm³/mol. The maximum atomic E-state index is 11.8. The minimum absolute atomic E-state index is 0.0437. The number of Topliss-reactive ketones (excluding diaryl/α,β-unsaturated/α-hetero) is 1. The van der Waals surface area contributed by atoms with Crippen LogP contribution in [0, 0.1) is 0 Å². The number of rotatable bonds is 5. The van der Waals surface area contributed by atoms with Crippen molar-refractivity contribution in [2.45, 2.75) is 25.3 Å². The quantitative estimate of drug-likeness (QED) is 0.818. The Morgan fingerprint density at radius 1 is 0.960 bits per heavy atom. The molecule has 0 amide bonds. The molecule has 5 heteroatoms. The van der Waals surface area contributed by atoms with Crippen LogP contribution in [0.25, 0.3) is 0 Å². The van der Waals surface area contributed by atoms with E-state index >= 15 is 0 Å². The maximum absolute atomic E-state index is 11.8. The van der Waals surface area contributed by atoms with Crippen LogP contribution in [0.2, 0.25) is 0 Å². The Morgan fingerprint density at radius 3 is 1.88 bits per heavy atom. The number of aliphatic carboxylic acids is 1. The summed E-state index contributed by atoms with van der Waals surface area (Å²) in [5.41, 5.74) is 1.47. The highest BCUT2D eigenvalue weighted by atomic mass is 16.4. The standard InChI is InChI=1S/C13H10O.C7H11NO3/c14-13(11-7-3-1-4-8-11)12-9-5-2-6-10-12;9-6-2-1-5(3-6)8-4-7(10)11/h1-10H;5,8H,1-4H2,(H,10,11). The van der Waals surface area contributed by atoms with Crippen LogP contribution in [0.3, 0.4) is 0 Å². The van der Waals surface area contributed by atoms with E-state index < -0.39 is 5.97 Å². The number of carbonyl (C=O) groups is 3. The molecule has 0 heterocycles. The Kier molecular flexibility index (Phi) is 7.04. The zero-order chi connectivity index (χ0) is 18.1. The van der Waals surface area contributed by atoms with E-state index in [4.69, 9.17) is 5.11 Å². The van der Waals surface area contributed by atoms with Gasteiger partial charge in [0.1, 0.15) is 5.78 Å². The van der Waals surface area contributed by atoms with Crippen LogP contribution in [0.5, 0.6) is 0 Å². The second-order valence-corrected chi connectivity index (χ2v) is 5.81. The molecule has 25 heavy (non-hydrogen) atoms. The van der Waals surface area contributed by atoms with Crippen molar-refractivity contribution in [2.24, 2.45) is 0 Å². The van der Waals surface area contributed by atoms with Gasteiger partial charge in [0.2, 0.25) is 0 Å². The van der Waals surface area contributed by atoms with Crippen molar-refractivity contribution in [1.29, 1.82) is 0 Å². The minimum Gasteiger partial charge on any atom is -0.480 e. The summed E-state index contributed by atoms with van der Waals surface area (Å²) in [5.74, 6) is -0.566. The number of hydrogen-bond donors (Lipinski definition) is 2. The molecule has 1 aliphatic carbocycles. The summed E-state index contributed by atoms with van der Waals surface area (Å²) >= 11 is 0. The molecule has 0 aliphatic heterocycles. The first kappa shape index (κ1) is 18.5. The highest BCUT2D eigenvalue weighted by Crippen LogP contribution is 2.13. The Balaban J connectivity index is 0.000000186. The Morgan fingerprint density at radius 2 is 1.48 bits per heavy atom. The fraction of sp³-hybridized carbons (Fsp3) is 0.250. The molecule has 5 nitrogen and oxygen atoms in total. The van der Waals surface area contributed by atoms with E-state index in [1.54, 1.807) is 0 Å². The smallest absolute Gasteiger partial charge is 0.317 e. The first-order valence-electron chi connectivity index (χ1n) is 8.18. The van der Waals surface area contributed by atoms with E-state index in [0.717, 1.165) is 17.5 Å². The van der Waals surface area contributed by atoms with Gasteiger partial charge in [0, 0.05) is 30.0 Å². The lowest BCUT2D eigenvalue weighted by Gasteiger charge is -2.06. The molecular formula is C20H21NO4. The number of carbonyl (C=O) groups excluding carboxylic acids is 2. The Hall–Kier alpha value is -2.79. The molecule has 1 atom stereocenters. The number of nitrogens with one attached hydrogen (secondary N) is 1. The first-order valence-corrected chi connectivity index (χ1v) is 8.18. The van der Waals surface area contributed by atoms with E-state index in [2.05, 4.69) is 5.32 Å². The maximum Gasteiger partial charge on any atom is 0.317 e. The third-order valence-electron chi connectivity index (χ3n) is 3.86. The van der Waals surface area contributed by atoms with Crippen LogP contribution in [0.1, 0.15) is 35.2 Å². The monoisotopic (exact) mass is 339 g/mol. The summed E-state index contributed by atoms with van der Waals surface area (Å²) in [7, 11) is 0. The van der Waals surface area contributed by atoms with Gasteiger partial charge in [0.05, 0.1) is 6.54 Å². The van der Waals surface area contributed by atoms with E-state index in [1.807, 2.05) is 60.7 Å². The zero-order valence-corrected chi connectivity index (χ0v) is 13.9. The van der Waals surface area contributed by atoms with Crippen molar-refractivity contribution < 1.29 is 19.5 Å². The number of benzene rings is 2. The van der Waals surface area contributed by atoms with Crippen LogP contribution >= 0.6 is 0 Å². The molecule has 0 bridgehead atoms. The average molecular weight is 339 g/mol. The fourth-order valence-electron chi connectivity index (χ4n) is 2.57. The first-order chi connectivity index (χ1) is 12.1. The molecule has 1 fully saturated rings. The molecule has 1 aliphatic rings. The van der Waals surface area contributed by atoms with Crippen LogP contribution in [-0.4, -0.2) is 35.2 Å². The van der Waals surface area contributed by atoms with E-state index in [-0.39, 0.29) is 24.2 Å². The predicted octanol–water partition coefficient (Wildman–Crippen LogP) is 2.70. The lowest BCUT2D eigenvalue weighted by atomic mass is 10.0. The molecule has 130 valence electrons. The van der Waals surface area contributed by atoms with Crippen LogP contribution in [0.15, 0.2) is 60.7 Å². The molecule has 0 aromatic heterocycles. The lowest BCUT2D eigenvalue weighted by Crippen LogP contribution is -2.31. The van der Waals surface area contributed by atoms with E-state index in [9.17, 15) is 14.4 Å². The van der Waals surface area contributed by atoms with Gasteiger partial charge in [-0.15, -0.1) is 0 Å². The summed E-state index contributed by atoms with van der Waals surface area (Å²) in [5, 5.41) is 11.1. The second-order valence-electron chi connectivity index (χ2n) is 5.81. The number of carboxylic acids is 1. The molecule has 2 aromatic rings. The summed E-state index contributed by atoms with van der Waals surface area (Å²) < 4.78 is 0. The van der Waals surface area contributed by atoms with Crippen LogP contribution in [-0.2, 0) is 9.59 Å². The van der Waals surface area contributed by atoms with Gasteiger partial charge >= 0.3 is 5.97 Å². The van der Waals surface area contributed by atoms with Crippen molar-refractivity contribution in [1.82, 2.24) is 5.32 Å². The summed E-state index contributed by atoms with van der Waals surface area (Å²) in [4.78, 5) is 32.6. The lowest BCUT2D eigenvalue weighted by molar-refractivity contribution is -0.136. The SMILES string of the molecule is O=C(O)CNC1CCC(=O)C1.O=C(c1ccccc1)c1ccccc1. The highest BCUT2D eigenvalue weighted by Gasteiger charge is 2.21. The molecule has 1 unspecified atom stereocenters. The van der Waals surface area contributed by atoms with Gasteiger partial charge in [-0.3, -0.25) is 14.4 Å². The molecule has 0 radical (unpaired) electrons. The second kappa shape index (κ2) is 9.49.